The molecule has 7 rings (SSSR count). The first-order chi connectivity index (χ1) is 26.0. The molecule has 11 nitrogen and oxygen atoms in total. The highest BCUT2D eigenvalue weighted by Crippen LogP contribution is 2.60. The van der Waals surface area contributed by atoms with Crippen LogP contribution in [-0.2, 0) is 36.1 Å². The van der Waals surface area contributed by atoms with Crippen molar-refractivity contribution in [2.45, 2.75) is 69.1 Å². The fourth-order valence-electron chi connectivity index (χ4n) is 8.88. The largest absolute Gasteiger partial charge is 0.432 e. The van der Waals surface area contributed by atoms with E-state index in [1.807, 2.05) is 117 Å². The summed E-state index contributed by atoms with van der Waals surface area (Å²) in [6, 6.07) is 31.1. The van der Waals surface area contributed by atoms with Crippen molar-refractivity contribution in [2.24, 2.45) is 5.92 Å². The molecule has 0 aliphatic carbocycles. The van der Waals surface area contributed by atoms with Gasteiger partial charge in [-0.05, 0) is 86.1 Å². The Kier molecular flexibility index (Phi) is 10.3. The van der Waals surface area contributed by atoms with Crippen LogP contribution >= 0.6 is 0 Å². The second-order valence-electron chi connectivity index (χ2n) is 15.0. The number of amides is 4. The molecule has 3 aliphatic rings. The molecular formula is C42H46N4O7Si. The van der Waals surface area contributed by atoms with Crippen LogP contribution in [0.15, 0.2) is 103 Å². The number of carbonyl (C=O) groups excluding carboxylic acids is 4. The van der Waals surface area contributed by atoms with Gasteiger partial charge in [0.25, 0.3) is 5.91 Å². The van der Waals surface area contributed by atoms with Crippen molar-refractivity contribution < 1.29 is 33.8 Å². The van der Waals surface area contributed by atoms with Gasteiger partial charge in [0.15, 0.2) is 13.9 Å². The molecule has 0 aromatic heterocycles. The third kappa shape index (κ3) is 6.53. The maximum Gasteiger partial charge on any atom is 0.264 e. The molecule has 3 aliphatic heterocycles. The fraction of sp³-hybridized carbons (Fsp3) is 0.333. The highest BCUT2D eigenvalue weighted by atomic mass is 28.4. The zero-order chi connectivity index (χ0) is 38.2. The van der Waals surface area contributed by atoms with E-state index < -0.39 is 31.5 Å². The van der Waals surface area contributed by atoms with Crippen molar-refractivity contribution in [1.82, 2.24) is 4.90 Å². The molecule has 5 atom stereocenters. The Balaban J connectivity index is 1.28. The predicted octanol–water partition coefficient (Wildman–Crippen LogP) is 5.99. The van der Waals surface area contributed by atoms with Crippen LogP contribution in [0.3, 0.4) is 0 Å². The molecule has 12 heteroatoms. The molecule has 4 aromatic carbocycles. The normalized spacial score (nSPS) is 23.5. The molecule has 3 heterocycles. The van der Waals surface area contributed by atoms with Crippen LogP contribution in [0, 0.1) is 5.92 Å². The van der Waals surface area contributed by atoms with E-state index >= 15 is 4.79 Å². The second kappa shape index (κ2) is 14.9. The smallest absolute Gasteiger partial charge is 0.264 e. The van der Waals surface area contributed by atoms with E-state index in [1.165, 1.54) is 4.90 Å². The summed E-state index contributed by atoms with van der Waals surface area (Å²) in [4.78, 5) is 71.9. The highest BCUT2D eigenvalue weighted by Gasteiger charge is 2.66. The summed E-state index contributed by atoms with van der Waals surface area (Å²) in [7, 11) is -3.08. The van der Waals surface area contributed by atoms with Crippen LogP contribution in [0.5, 0.6) is 0 Å². The molecule has 4 amide bonds. The lowest BCUT2D eigenvalue weighted by Crippen LogP contribution is -2.46. The number of hydrogen-bond acceptors (Lipinski definition) is 7. The summed E-state index contributed by atoms with van der Waals surface area (Å²) < 4.78 is 6.98. The van der Waals surface area contributed by atoms with Crippen molar-refractivity contribution in [2.75, 3.05) is 27.9 Å². The van der Waals surface area contributed by atoms with Crippen LogP contribution in [0.4, 0.5) is 28.4 Å². The van der Waals surface area contributed by atoms with Gasteiger partial charge >= 0.3 is 0 Å². The second-order valence-corrected chi connectivity index (χ2v) is 19.0. The Hall–Kier alpha value is -5.14. The van der Waals surface area contributed by atoms with Crippen LogP contribution < -0.4 is 14.7 Å². The number of benzene rings is 4. The molecule has 2 fully saturated rings. The van der Waals surface area contributed by atoms with Crippen LogP contribution in [0.25, 0.3) is 0 Å². The number of anilines is 5. The maximum absolute atomic E-state index is 15.2. The SMILES string of the molecule is C[C@H]1[C@H]([Si](C)(C)O)[C@@H](CC(=O)N2CCC[C@H]2CO)O[C@]12C(=O)N(Cc1ccc(N(C=O)c3ccccc3)cc1)c1ccc(N(C=O)c3ccccc3)cc12. The molecule has 0 bridgehead atoms. The van der Waals surface area contributed by atoms with Gasteiger partial charge in [-0.2, -0.15) is 0 Å². The average molecular weight is 747 g/mol. The monoisotopic (exact) mass is 746 g/mol. The summed E-state index contributed by atoms with van der Waals surface area (Å²) in [5.41, 5.74) is 2.54. The van der Waals surface area contributed by atoms with Gasteiger partial charge < -0.3 is 24.4 Å². The minimum Gasteiger partial charge on any atom is -0.432 e. The summed E-state index contributed by atoms with van der Waals surface area (Å²) in [5.74, 6) is -1.01. The van der Waals surface area contributed by atoms with Gasteiger partial charge in [0.05, 0.1) is 37.4 Å². The van der Waals surface area contributed by atoms with Crippen molar-refractivity contribution in [3.05, 3.63) is 114 Å². The lowest BCUT2D eigenvalue weighted by atomic mass is 9.82. The Morgan fingerprint density at radius 2 is 1.46 bits per heavy atom. The van der Waals surface area contributed by atoms with Crippen molar-refractivity contribution in [3.8, 4) is 0 Å². The third-order valence-corrected chi connectivity index (χ3v) is 13.9. The minimum atomic E-state index is -3.08. The van der Waals surface area contributed by atoms with E-state index in [-0.39, 0.29) is 37.4 Å². The number of fused-ring (bicyclic) bond motifs is 2. The van der Waals surface area contributed by atoms with E-state index in [0.29, 0.717) is 34.9 Å². The number of aliphatic hydroxyl groups is 1. The van der Waals surface area contributed by atoms with Gasteiger partial charge in [-0.15, -0.1) is 0 Å². The van der Waals surface area contributed by atoms with Gasteiger partial charge in [0, 0.05) is 46.3 Å². The third-order valence-electron chi connectivity index (χ3n) is 11.4. The van der Waals surface area contributed by atoms with Gasteiger partial charge in [0.1, 0.15) is 0 Å². The molecular weight excluding hydrogens is 701 g/mol. The number of aliphatic hydroxyl groups excluding tert-OH is 1. The molecule has 0 saturated carbocycles. The average Bonchev–Trinajstić information content (AvgIpc) is 3.84. The lowest BCUT2D eigenvalue weighted by molar-refractivity contribution is -0.150. The van der Waals surface area contributed by atoms with E-state index in [2.05, 4.69) is 0 Å². The topological polar surface area (TPSA) is 131 Å². The van der Waals surface area contributed by atoms with Gasteiger partial charge in [-0.1, -0.05) is 55.5 Å². The summed E-state index contributed by atoms with van der Waals surface area (Å²) in [6.45, 7) is 6.16. The molecule has 2 saturated heterocycles. The Bertz CT molecular complexity index is 2010. The summed E-state index contributed by atoms with van der Waals surface area (Å²) in [6.07, 6.45) is 2.22. The van der Waals surface area contributed by atoms with Crippen LogP contribution in [-0.4, -0.2) is 73.1 Å². The van der Waals surface area contributed by atoms with Crippen molar-refractivity contribution in [1.29, 1.82) is 0 Å². The number of carbonyl (C=O) groups is 4. The highest BCUT2D eigenvalue weighted by molar-refractivity contribution is 6.71. The van der Waals surface area contributed by atoms with E-state index in [1.54, 1.807) is 20.8 Å². The van der Waals surface area contributed by atoms with Gasteiger partial charge in [0.2, 0.25) is 18.7 Å². The first-order valence-electron chi connectivity index (χ1n) is 18.5. The minimum absolute atomic E-state index is 0.0346. The maximum atomic E-state index is 15.2. The number of para-hydroxylation sites is 2. The van der Waals surface area contributed by atoms with Crippen molar-refractivity contribution in [3.63, 3.8) is 0 Å². The van der Waals surface area contributed by atoms with Crippen LogP contribution in [0.2, 0.25) is 18.6 Å². The zero-order valence-corrected chi connectivity index (χ0v) is 31.7. The van der Waals surface area contributed by atoms with E-state index in [4.69, 9.17) is 4.74 Å². The molecule has 2 N–H and O–H groups in total. The molecule has 0 unspecified atom stereocenters. The quantitative estimate of drug-likeness (QED) is 0.135. The van der Waals surface area contributed by atoms with Gasteiger partial charge in [-0.25, -0.2) is 0 Å². The Morgan fingerprint density at radius 1 is 0.889 bits per heavy atom. The summed E-state index contributed by atoms with van der Waals surface area (Å²) >= 11 is 0. The number of hydrogen-bond donors (Lipinski definition) is 2. The van der Waals surface area contributed by atoms with Crippen LogP contribution in [0.1, 0.15) is 37.3 Å². The van der Waals surface area contributed by atoms with E-state index in [9.17, 15) is 24.3 Å². The lowest BCUT2D eigenvalue weighted by Gasteiger charge is -2.33. The molecule has 54 heavy (non-hydrogen) atoms. The molecule has 1 spiro atoms. The fourth-order valence-corrected chi connectivity index (χ4v) is 11.4. The number of ether oxygens (including phenoxy) is 1. The standard InChI is InChI=1S/C42H46N4O7Si/c1-29-40(54(2,3)52)38(24-39(50)43-22-10-15-35(43)26-47)53-42(29)36-23-34(46(28-49)32-13-8-5-9-14-32)20-21-37(36)44(41(42)51)25-30-16-18-33(19-17-30)45(27-48)31-11-6-4-7-12-31/h4-9,11-14,16-21,23,27-29,35,38,40,47,52H,10,15,22,24-26H2,1-3H3/t29-,35-,38+,40-,42+/m0/s1. The number of likely N-dealkylation sites (tertiary alicyclic amines) is 1. The molecule has 4 aromatic rings. The Labute approximate surface area is 316 Å². The zero-order valence-electron chi connectivity index (χ0n) is 30.7. The van der Waals surface area contributed by atoms with Crippen molar-refractivity contribution >= 4 is 61.4 Å². The molecule has 280 valence electrons. The Morgan fingerprint density at radius 3 is 2.04 bits per heavy atom. The summed E-state index contributed by atoms with van der Waals surface area (Å²) in [5, 5.41) is 9.96. The van der Waals surface area contributed by atoms with E-state index in [0.717, 1.165) is 36.9 Å². The first-order valence-corrected chi connectivity index (χ1v) is 21.5. The number of rotatable bonds is 12. The first kappa shape index (κ1) is 37.2. The van der Waals surface area contributed by atoms with Gasteiger partial charge in [-0.3, -0.25) is 29.0 Å². The number of nitrogens with zero attached hydrogens (tertiary/aromatic N) is 4. The predicted molar refractivity (Wildman–Crippen MR) is 209 cm³/mol. The molecule has 0 radical (unpaired) electrons.